The molecule has 1 aromatic rings. The van der Waals surface area contributed by atoms with E-state index in [9.17, 15) is 4.79 Å². The summed E-state index contributed by atoms with van der Waals surface area (Å²) in [4.78, 5) is 14.1. The molecule has 1 amide bonds. The van der Waals surface area contributed by atoms with Gasteiger partial charge in [-0.05, 0) is 31.5 Å². The highest BCUT2D eigenvalue weighted by molar-refractivity contribution is 5.94. The number of methoxy groups -OCH3 is 1. The second kappa shape index (κ2) is 7.13. The fourth-order valence-corrected chi connectivity index (χ4v) is 1.94. The molecular formula is C14H22N2O2. The Balaban J connectivity index is 2.82. The molecule has 100 valence electrons. The average molecular weight is 250 g/mol. The topological polar surface area (TPSA) is 55.6 Å². The third-order valence-corrected chi connectivity index (χ3v) is 2.98. The van der Waals surface area contributed by atoms with Crippen molar-refractivity contribution < 1.29 is 9.53 Å². The Kier molecular flexibility index (Phi) is 5.82. The molecule has 0 aliphatic carbocycles. The van der Waals surface area contributed by atoms with Gasteiger partial charge in [-0.1, -0.05) is 12.1 Å². The van der Waals surface area contributed by atoms with Gasteiger partial charge in [0.05, 0.1) is 12.6 Å². The highest BCUT2D eigenvalue weighted by Gasteiger charge is 2.19. The first kappa shape index (κ1) is 14.7. The summed E-state index contributed by atoms with van der Waals surface area (Å²) in [7, 11) is 1.64. The zero-order valence-electron chi connectivity index (χ0n) is 11.3. The standard InChI is InChI=1S/C14H22N2O2/c1-4-16(11(2)10-18-3)14(17)13-7-5-12(9-15)6-8-13/h5-8,11H,4,9-10,15H2,1-3H3. The Bertz CT molecular complexity index is 376. The van der Waals surface area contributed by atoms with Crippen LogP contribution in [-0.4, -0.2) is 37.1 Å². The van der Waals surface area contributed by atoms with Crippen molar-refractivity contribution in [1.82, 2.24) is 4.90 Å². The van der Waals surface area contributed by atoms with E-state index in [2.05, 4.69) is 0 Å². The third-order valence-electron chi connectivity index (χ3n) is 2.98. The van der Waals surface area contributed by atoms with E-state index in [0.717, 1.165) is 5.56 Å². The molecule has 1 atom stereocenters. The molecule has 18 heavy (non-hydrogen) atoms. The van der Waals surface area contributed by atoms with Gasteiger partial charge < -0.3 is 15.4 Å². The normalized spacial score (nSPS) is 12.2. The smallest absolute Gasteiger partial charge is 0.254 e. The summed E-state index contributed by atoms with van der Waals surface area (Å²) in [6, 6.07) is 7.51. The van der Waals surface area contributed by atoms with E-state index < -0.39 is 0 Å². The Morgan fingerprint density at radius 3 is 2.44 bits per heavy atom. The predicted octanol–water partition coefficient (Wildman–Crippen LogP) is 1.64. The van der Waals surface area contributed by atoms with Crippen LogP contribution in [0.15, 0.2) is 24.3 Å². The Hall–Kier alpha value is -1.39. The number of hydrogen-bond donors (Lipinski definition) is 1. The van der Waals surface area contributed by atoms with Crippen LogP contribution >= 0.6 is 0 Å². The molecule has 0 heterocycles. The lowest BCUT2D eigenvalue weighted by Gasteiger charge is -2.27. The maximum Gasteiger partial charge on any atom is 0.254 e. The van der Waals surface area contributed by atoms with Gasteiger partial charge in [-0.15, -0.1) is 0 Å². The molecule has 0 saturated heterocycles. The van der Waals surface area contributed by atoms with Crippen molar-refractivity contribution in [1.29, 1.82) is 0 Å². The van der Waals surface area contributed by atoms with Gasteiger partial charge in [0.15, 0.2) is 0 Å². The number of benzene rings is 1. The number of hydrogen-bond acceptors (Lipinski definition) is 3. The van der Waals surface area contributed by atoms with Crippen molar-refractivity contribution in [2.75, 3.05) is 20.3 Å². The minimum Gasteiger partial charge on any atom is -0.383 e. The van der Waals surface area contributed by atoms with E-state index in [1.165, 1.54) is 0 Å². The largest absolute Gasteiger partial charge is 0.383 e. The average Bonchev–Trinajstić information content (AvgIpc) is 2.40. The molecule has 0 spiro atoms. The summed E-state index contributed by atoms with van der Waals surface area (Å²) in [6.07, 6.45) is 0. The van der Waals surface area contributed by atoms with E-state index in [1.807, 2.05) is 38.1 Å². The van der Waals surface area contributed by atoms with Crippen molar-refractivity contribution in [2.45, 2.75) is 26.4 Å². The van der Waals surface area contributed by atoms with Crippen molar-refractivity contribution in [3.05, 3.63) is 35.4 Å². The number of likely N-dealkylation sites (N-methyl/N-ethyl adjacent to an activating group) is 1. The van der Waals surface area contributed by atoms with Crippen LogP contribution in [0, 0.1) is 0 Å². The van der Waals surface area contributed by atoms with E-state index in [1.54, 1.807) is 12.0 Å². The summed E-state index contributed by atoms with van der Waals surface area (Å²) in [5, 5.41) is 0. The number of nitrogens with two attached hydrogens (primary N) is 1. The van der Waals surface area contributed by atoms with Crippen LogP contribution in [-0.2, 0) is 11.3 Å². The number of amides is 1. The first-order chi connectivity index (χ1) is 8.63. The molecular weight excluding hydrogens is 228 g/mol. The molecule has 0 aliphatic rings. The maximum absolute atomic E-state index is 12.3. The molecule has 4 heteroatoms. The minimum absolute atomic E-state index is 0.0330. The number of nitrogens with zero attached hydrogens (tertiary/aromatic N) is 1. The van der Waals surface area contributed by atoms with Crippen LogP contribution in [0.3, 0.4) is 0 Å². The zero-order chi connectivity index (χ0) is 13.5. The van der Waals surface area contributed by atoms with Crippen LogP contribution in [0.1, 0.15) is 29.8 Å². The fourth-order valence-electron chi connectivity index (χ4n) is 1.94. The lowest BCUT2D eigenvalue weighted by atomic mass is 10.1. The van der Waals surface area contributed by atoms with Crippen LogP contribution in [0.25, 0.3) is 0 Å². The van der Waals surface area contributed by atoms with E-state index in [0.29, 0.717) is 25.3 Å². The lowest BCUT2D eigenvalue weighted by molar-refractivity contribution is 0.0579. The van der Waals surface area contributed by atoms with E-state index in [4.69, 9.17) is 10.5 Å². The summed E-state index contributed by atoms with van der Waals surface area (Å²) in [6.45, 7) is 5.66. The van der Waals surface area contributed by atoms with Crippen molar-refractivity contribution in [3.8, 4) is 0 Å². The highest BCUT2D eigenvalue weighted by atomic mass is 16.5. The van der Waals surface area contributed by atoms with Crippen LogP contribution < -0.4 is 5.73 Å². The van der Waals surface area contributed by atoms with Gasteiger partial charge in [0.2, 0.25) is 0 Å². The molecule has 0 fully saturated rings. The third kappa shape index (κ3) is 3.55. The van der Waals surface area contributed by atoms with Crippen LogP contribution in [0.2, 0.25) is 0 Å². The number of ether oxygens (including phenoxy) is 1. The molecule has 2 N–H and O–H groups in total. The van der Waals surface area contributed by atoms with E-state index in [-0.39, 0.29) is 11.9 Å². The second-order valence-corrected chi connectivity index (χ2v) is 4.30. The summed E-state index contributed by atoms with van der Waals surface area (Å²) < 4.78 is 5.10. The van der Waals surface area contributed by atoms with Crippen molar-refractivity contribution >= 4 is 5.91 Å². The van der Waals surface area contributed by atoms with Crippen molar-refractivity contribution in [3.63, 3.8) is 0 Å². The molecule has 0 aromatic heterocycles. The number of carbonyl (C=O) groups is 1. The molecule has 0 aliphatic heterocycles. The van der Waals surface area contributed by atoms with Gasteiger partial charge >= 0.3 is 0 Å². The first-order valence-corrected chi connectivity index (χ1v) is 6.22. The fraction of sp³-hybridized carbons (Fsp3) is 0.500. The number of rotatable bonds is 6. The van der Waals surface area contributed by atoms with Gasteiger partial charge in [0.1, 0.15) is 0 Å². The monoisotopic (exact) mass is 250 g/mol. The zero-order valence-corrected chi connectivity index (χ0v) is 11.3. The lowest BCUT2D eigenvalue weighted by Crippen LogP contribution is -2.40. The predicted molar refractivity (Wildman–Crippen MR) is 72.4 cm³/mol. The summed E-state index contributed by atoms with van der Waals surface area (Å²) >= 11 is 0. The Morgan fingerprint density at radius 1 is 1.39 bits per heavy atom. The first-order valence-electron chi connectivity index (χ1n) is 6.22. The van der Waals surface area contributed by atoms with E-state index >= 15 is 0 Å². The summed E-state index contributed by atoms with van der Waals surface area (Å²) in [5.74, 6) is 0.0330. The summed E-state index contributed by atoms with van der Waals surface area (Å²) in [5.41, 5.74) is 7.26. The SMILES string of the molecule is CCN(C(=O)c1ccc(CN)cc1)C(C)COC. The highest BCUT2D eigenvalue weighted by Crippen LogP contribution is 2.10. The van der Waals surface area contributed by atoms with Crippen LogP contribution in [0.4, 0.5) is 0 Å². The molecule has 0 radical (unpaired) electrons. The molecule has 1 aromatic carbocycles. The minimum atomic E-state index is 0.0330. The van der Waals surface area contributed by atoms with Gasteiger partial charge in [-0.3, -0.25) is 4.79 Å². The maximum atomic E-state index is 12.3. The molecule has 1 unspecified atom stereocenters. The van der Waals surface area contributed by atoms with Gasteiger partial charge in [-0.2, -0.15) is 0 Å². The quantitative estimate of drug-likeness (QED) is 0.835. The van der Waals surface area contributed by atoms with Gasteiger partial charge in [0, 0.05) is 25.8 Å². The Labute approximate surface area is 109 Å². The van der Waals surface area contributed by atoms with Gasteiger partial charge in [0.25, 0.3) is 5.91 Å². The van der Waals surface area contributed by atoms with Crippen LogP contribution in [0.5, 0.6) is 0 Å². The molecule has 0 bridgehead atoms. The van der Waals surface area contributed by atoms with Gasteiger partial charge in [-0.25, -0.2) is 0 Å². The second-order valence-electron chi connectivity index (χ2n) is 4.30. The molecule has 1 rings (SSSR count). The molecule has 0 saturated carbocycles. The van der Waals surface area contributed by atoms with Crippen molar-refractivity contribution in [2.24, 2.45) is 5.73 Å². The molecule has 4 nitrogen and oxygen atoms in total. The number of carbonyl (C=O) groups excluding carboxylic acids is 1. The Morgan fingerprint density at radius 2 is 2.00 bits per heavy atom.